The molecule has 1 aromatic carbocycles. The zero-order valence-corrected chi connectivity index (χ0v) is 12.9. The number of rotatable bonds is 3. The van der Waals surface area contributed by atoms with Crippen molar-refractivity contribution in [1.29, 1.82) is 0 Å². The highest BCUT2D eigenvalue weighted by molar-refractivity contribution is 7.16. The highest BCUT2D eigenvalue weighted by Crippen LogP contribution is 2.30. The Hall–Kier alpha value is -1.76. The third kappa shape index (κ3) is 2.54. The third-order valence-electron chi connectivity index (χ3n) is 4.19. The lowest BCUT2D eigenvalue weighted by atomic mass is 9.92. The summed E-state index contributed by atoms with van der Waals surface area (Å²) in [6, 6.07) is 10.0. The van der Waals surface area contributed by atoms with Crippen LogP contribution in [-0.2, 0) is 4.74 Å². The molecule has 0 saturated carbocycles. The number of amides is 1. The van der Waals surface area contributed by atoms with Crippen LogP contribution in [0.4, 0.5) is 0 Å². The summed E-state index contributed by atoms with van der Waals surface area (Å²) in [7, 11) is 0. The average Bonchev–Trinajstić information content (AvgIpc) is 3.15. The summed E-state index contributed by atoms with van der Waals surface area (Å²) in [6.45, 7) is 2.37. The number of nitrogens with zero attached hydrogens (tertiary/aromatic N) is 1. The Bertz CT molecular complexity index is 682. The van der Waals surface area contributed by atoms with Crippen molar-refractivity contribution < 1.29 is 9.53 Å². The van der Waals surface area contributed by atoms with Gasteiger partial charge in [0.1, 0.15) is 9.88 Å². The minimum Gasteiger partial charge on any atom is -0.370 e. The fraction of sp³-hybridized carbons (Fsp3) is 0.375. The van der Waals surface area contributed by atoms with E-state index in [1.165, 1.54) is 11.3 Å². The Balaban J connectivity index is 1.42. The Morgan fingerprint density at radius 1 is 1.36 bits per heavy atom. The van der Waals surface area contributed by atoms with Crippen LogP contribution in [0, 0.1) is 0 Å². The Labute approximate surface area is 132 Å². The summed E-state index contributed by atoms with van der Waals surface area (Å²) in [4.78, 5) is 17.4. The maximum atomic E-state index is 12.4. The Kier molecular flexibility index (Phi) is 3.44. The fourth-order valence-electron chi connectivity index (χ4n) is 2.94. The van der Waals surface area contributed by atoms with Crippen molar-refractivity contribution in [1.82, 2.24) is 15.6 Å². The van der Waals surface area contributed by atoms with Crippen LogP contribution in [0.15, 0.2) is 36.5 Å². The van der Waals surface area contributed by atoms with Gasteiger partial charge in [0.2, 0.25) is 0 Å². The molecule has 6 heteroatoms. The van der Waals surface area contributed by atoms with Gasteiger partial charge >= 0.3 is 0 Å². The van der Waals surface area contributed by atoms with Crippen LogP contribution in [0.1, 0.15) is 16.1 Å². The van der Waals surface area contributed by atoms with E-state index in [4.69, 9.17) is 4.74 Å². The molecule has 3 heterocycles. The molecule has 0 bridgehead atoms. The number of carbonyl (C=O) groups excluding carboxylic acids is 1. The van der Waals surface area contributed by atoms with E-state index in [0.717, 1.165) is 30.1 Å². The predicted molar refractivity (Wildman–Crippen MR) is 85.0 cm³/mol. The number of ether oxygens (including phenoxy) is 1. The van der Waals surface area contributed by atoms with Crippen LogP contribution in [0.25, 0.3) is 10.6 Å². The van der Waals surface area contributed by atoms with Gasteiger partial charge in [-0.05, 0) is 0 Å². The van der Waals surface area contributed by atoms with Crippen LogP contribution in [0.2, 0.25) is 0 Å². The maximum Gasteiger partial charge on any atom is 0.263 e. The summed E-state index contributed by atoms with van der Waals surface area (Å²) in [5.41, 5.74) is 0.996. The molecule has 2 N–H and O–H groups in total. The molecule has 114 valence electrons. The van der Waals surface area contributed by atoms with E-state index in [0.29, 0.717) is 11.5 Å². The van der Waals surface area contributed by atoms with Gasteiger partial charge in [0, 0.05) is 25.1 Å². The molecule has 4 rings (SSSR count). The van der Waals surface area contributed by atoms with Crippen molar-refractivity contribution in [2.45, 2.75) is 18.1 Å². The van der Waals surface area contributed by atoms with Gasteiger partial charge in [-0.25, -0.2) is 4.98 Å². The molecular formula is C16H17N3O2S. The molecule has 2 aromatic rings. The summed E-state index contributed by atoms with van der Waals surface area (Å²) in [5.74, 6) is -0.0578. The summed E-state index contributed by atoms with van der Waals surface area (Å²) < 4.78 is 5.81. The smallest absolute Gasteiger partial charge is 0.263 e. The molecule has 2 aliphatic rings. The lowest BCUT2D eigenvalue weighted by Gasteiger charge is -2.38. The van der Waals surface area contributed by atoms with E-state index in [1.54, 1.807) is 6.20 Å². The summed E-state index contributed by atoms with van der Waals surface area (Å²) in [6.07, 6.45) is 2.54. The average molecular weight is 315 g/mol. The molecule has 22 heavy (non-hydrogen) atoms. The van der Waals surface area contributed by atoms with E-state index >= 15 is 0 Å². The fourth-order valence-corrected chi connectivity index (χ4v) is 3.76. The molecule has 2 saturated heterocycles. The number of aromatic nitrogens is 1. The molecule has 5 nitrogen and oxygen atoms in total. The van der Waals surface area contributed by atoms with Crippen LogP contribution >= 0.6 is 11.3 Å². The maximum absolute atomic E-state index is 12.4. The van der Waals surface area contributed by atoms with Gasteiger partial charge in [0.15, 0.2) is 0 Å². The molecule has 2 aliphatic heterocycles. The van der Waals surface area contributed by atoms with Gasteiger partial charge in [0.25, 0.3) is 5.91 Å². The quantitative estimate of drug-likeness (QED) is 0.904. The number of thiazole rings is 1. The molecule has 1 aromatic heterocycles. The molecule has 2 fully saturated rings. The topological polar surface area (TPSA) is 63.2 Å². The van der Waals surface area contributed by atoms with E-state index < -0.39 is 0 Å². The van der Waals surface area contributed by atoms with Crippen LogP contribution in [0.3, 0.4) is 0 Å². The monoisotopic (exact) mass is 315 g/mol. The van der Waals surface area contributed by atoms with Gasteiger partial charge < -0.3 is 15.4 Å². The number of hydrogen-bond donors (Lipinski definition) is 2. The van der Waals surface area contributed by atoms with Crippen molar-refractivity contribution in [3.8, 4) is 10.6 Å². The molecule has 1 amide bonds. The van der Waals surface area contributed by atoms with Gasteiger partial charge in [0.05, 0.1) is 24.4 Å². The van der Waals surface area contributed by atoms with Crippen LogP contribution in [0.5, 0.6) is 0 Å². The Morgan fingerprint density at radius 3 is 2.86 bits per heavy atom. The first kappa shape index (κ1) is 13.9. The summed E-state index contributed by atoms with van der Waals surface area (Å²) in [5, 5.41) is 7.16. The molecular weight excluding hydrogens is 298 g/mol. The van der Waals surface area contributed by atoms with Crippen molar-refractivity contribution >= 4 is 17.2 Å². The zero-order valence-electron chi connectivity index (χ0n) is 12.0. The van der Waals surface area contributed by atoms with Crippen molar-refractivity contribution in [2.75, 3.05) is 19.7 Å². The second kappa shape index (κ2) is 5.46. The van der Waals surface area contributed by atoms with Crippen molar-refractivity contribution in [2.24, 2.45) is 0 Å². The van der Waals surface area contributed by atoms with Gasteiger partial charge in [-0.3, -0.25) is 4.79 Å². The minimum absolute atomic E-state index is 0.0408. The molecule has 1 spiro atoms. The zero-order chi connectivity index (χ0) is 15.0. The number of hydrogen-bond acceptors (Lipinski definition) is 5. The number of carbonyl (C=O) groups is 1. The van der Waals surface area contributed by atoms with Gasteiger partial charge in [-0.1, -0.05) is 30.3 Å². The second-order valence-electron chi connectivity index (χ2n) is 5.87. The van der Waals surface area contributed by atoms with Crippen LogP contribution in [-0.4, -0.2) is 42.2 Å². The first-order valence-corrected chi connectivity index (χ1v) is 8.23. The normalized spacial score (nSPS) is 22.5. The van der Waals surface area contributed by atoms with E-state index in [2.05, 4.69) is 15.6 Å². The van der Waals surface area contributed by atoms with Crippen molar-refractivity contribution in [3.05, 3.63) is 41.4 Å². The molecule has 1 atom stereocenters. The summed E-state index contributed by atoms with van der Waals surface area (Å²) >= 11 is 1.42. The Morgan fingerprint density at radius 2 is 2.18 bits per heavy atom. The first-order valence-electron chi connectivity index (χ1n) is 7.41. The highest BCUT2D eigenvalue weighted by Gasteiger charge is 2.45. The third-order valence-corrected chi connectivity index (χ3v) is 5.23. The van der Waals surface area contributed by atoms with Gasteiger partial charge in [-0.2, -0.15) is 0 Å². The minimum atomic E-state index is -0.0578. The van der Waals surface area contributed by atoms with Crippen LogP contribution < -0.4 is 10.6 Å². The highest BCUT2D eigenvalue weighted by atomic mass is 32.1. The lowest BCUT2D eigenvalue weighted by molar-refractivity contribution is -0.0360. The SMILES string of the molecule is O=C(NC1COC2(CNC2)C1)c1cnc(-c2ccccc2)s1. The van der Waals surface area contributed by atoms with Crippen molar-refractivity contribution in [3.63, 3.8) is 0 Å². The van der Waals surface area contributed by atoms with E-state index in [-0.39, 0.29) is 17.6 Å². The lowest BCUT2D eigenvalue weighted by Crippen LogP contribution is -2.59. The standard InChI is InChI=1S/C16H17N3O2S/c20-14(19-12-6-16(21-8-12)9-17-10-16)13-7-18-15(22-13)11-4-2-1-3-5-11/h1-5,7,12,17H,6,8-10H2,(H,19,20). The largest absolute Gasteiger partial charge is 0.370 e. The van der Waals surface area contributed by atoms with E-state index in [9.17, 15) is 4.79 Å². The number of benzene rings is 1. The van der Waals surface area contributed by atoms with Gasteiger partial charge in [-0.15, -0.1) is 11.3 Å². The number of nitrogens with one attached hydrogen (secondary N) is 2. The molecule has 0 aliphatic carbocycles. The predicted octanol–water partition coefficient (Wildman–Crippen LogP) is 1.67. The van der Waals surface area contributed by atoms with E-state index in [1.807, 2.05) is 30.3 Å². The first-order chi connectivity index (χ1) is 10.7. The second-order valence-corrected chi connectivity index (χ2v) is 6.90. The molecule has 1 unspecified atom stereocenters. The molecule has 0 radical (unpaired) electrons.